The van der Waals surface area contributed by atoms with Gasteiger partial charge in [-0.1, -0.05) is 0 Å². The summed E-state index contributed by atoms with van der Waals surface area (Å²) in [5.41, 5.74) is 1.37. The first kappa shape index (κ1) is 18.1. The number of carbonyl (C=O) groups is 1. The normalized spacial score (nSPS) is 18.3. The van der Waals surface area contributed by atoms with Crippen molar-refractivity contribution < 1.29 is 23.0 Å². The smallest absolute Gasteiger partial charge is 0.262 e. The van der Waals surface area contributed by atoms with E-state index in [0.29, 0.717) is 23.8 Å². The topological polar surface area (TPSA) is 72.5 Å². The van der Waals surface area contributed by atoms with E-state index in [0.717, 1.165) is 5.56 Å². The number of carbonyl (C=O) groups excluding carboxylic acids is 1. The molecule has 1 aliphatic heterocycles. The zero-order valence-electron chi connectivity index (χ0n) is 14.2. The van der Waals surface area contributed by atoms with Crippen molar-refractivity contribution in [3.63, 3.8) is 0 Å². The molecule has 1 atom stereocenters. The van der Waals surface area contributed by atoms with Crippen LogP contribution in [0.4, 0.5) is 14.5 Å². The summed E-state index contributed by atoms with van der Waals surface area (Å²) in [4.78, 5) is 16.1. The van der Waals surface area contributed by atoms with E-state index in [-0.39, 0.29) is 0 Å². The predicted octanol–water partition coefficient (Wildman–Crippen LogP) is 2.60. The highest BCUT2D eigenvalue weighted by Gasteiger charge is 2.42. The summed E-state index contributed by atoms with van der Waals surface area (Å²) in [6.07, 6.45) is 2.81. The van der Waals surface area contributed by atoms with Gasteiger partial charge in [-0.05, 0) is 29.8 Å². The third-order valence-corrected chi connectivity index (χ3v) is 4.00. The first-order valence-corrected chi connectivity index (χ1v) is 8.09. The van der Waals surface area contributed by atoms with Crippen molar-refractivity contribution in [2.75, 3.05) is 19.0 Å². The van der Waals surface area contributed by atoms with E-state index in [4.69, 9.17) is 9.47 Å². The van der Waals surface area contributed by atoms with Crippen molar-refractivity contribution in [1.29, 1.82) is 0 Å². The lowest BCUT2D eigenvalue weighted by molar-refractivity contribution is -0.118. The number of pyridine rings is 1. The summed E-state index contributed by atoms with van der Waals surface area (Å²) < 4.78 is 37.5. The molecule has 8 heteroatoms. The van der Waals surface area contributed by atoms with Crippen LogP contribution in [0.3, 0.4) is 0 Å². The SMILES string of the molecule is COc1ccc(NC(=O)C2CC(F)(F)CN2)cc1OCc1ccncc1. The monoisotopic (exact) mass is 363 g/mol. The number of benzene rings is 1. The maximum Gasteiger partial charge on any atom is 0.262 e. The molecule has 1 aliphatic rings. The molecule has 3 rings (SSSR count). The average molecular weight is 363 g/mol. The van der Waals surface area contributed by atoms with Crippen molar-refractivity contribution in [2.45, 2.75) is 25.0 Å². The Morgan fingerprint density at radius 2 is 2.08 bits per heavy atom. The van der Waals surface area contributed by atoms with Gasteiger partial charge in [-0.3, -0.25) is 15.1 Å². The second-order valence-electron chi connectivity index (χ2n) is 5.99. The number of nitrogens with one attached hydrogen (secondary N) is 2. The second kappa shape index (κ2) is 7.65. The Balaban J connectivity index is 1.67. The summed E-state index contributed by atoms with van der Waals surface area (Å²) in [5.74, 6) is -2.43. The van der Waals surface area contributed by atoms with Crippen molar-refractivity contribution in [1.82, 2.24) is 10.3 Å². The van der Waals surface area contributed by atoms with Gasteiger partial charge in [-0.15, -0.1) is 0 Å². The summed E-state index contributed by atoms with van der Waals surface area (Å²) in [5, 5.41) is 5.16. The van der Waals surface area contributed by atoms with Crippen LogP contribution in [-0.4, -0.2) is 36.5 Å². The van der Waals surface area contributed by atoms with Crippen LogP contribution in [0, 0.1) is 0 Å². The van der Waals surface area contributed by atoms with Gasteiger partial charge >= 0.3 is 0 Å². The molecule has 0 radical (unpaired) electrons. The van der Waals surface area contributed by atoms with Crippen molar-refractivity contribution in [3.8, 4) is 11.5 Å². The number of halogens is 2. The molecule has 1 aromatic heterocycles. The van der Waals surface area contributed by atoms with E-state index >= 15 is 0 Å². The van der Waals surface area contributed by atoms with Crippen LogP contribution in [0.5, 0.6) is 11.5 Å². The quantitative estimate of drug-likeness (QED) is 0.825. The highest BCUT2D eigenvalue weighted by atomic mass is 19.3. The Labute approximate surface area is 149 Å². The van der Waals surface area contributed by atoms with Crippen molar-refractivity contribution >= 4 is 11.6 Å². The highest BCUT2D eigenvalue weighted by Crippen LogP contribution is 2.31. The Morgan fingerprint density at radius 3 is 2.73 bits per heavy atom. The van der Waals surface area contributed by atoms with Crippen LogP contribution in [0.15, 0.2) is 42.7 Å². The third kappa shape index (κ3) is 4.45. The van der Waals surface area contributed by atoms with Crippen LogP contribution in [0.2, 0.25) is 0 Å². The molecule has 1 unspecified atom stereocenters. The largest absolute Gasteiger partial charge is 0.493 e. The van der Waals surface area contributed by atoms with E-state index in [1.54, 1.807) is 30.6 Å². The number of anilines is 1. The number of rotatable bonds is 6. The predicted molar refractivity (Wildman–Crippen MR) is 91.5 cm³/mol. The molecule has 0 aliphatic carbocycles. The van der Waals surface area contributed by atoms with Gasteiger partial charge in [0.25, 0.3) is 5.92 Å². The molecule has 6 nitrogen and oxygen atoms in total. The van der Waals surface area contributed by atoms with Gasteiger partial charge in [0.2, 0.25) is 5.91 Å². The lowest BCUT2D eigenvalue weighted by atomic mass is 10.1. The van der Waals surface area contributed by atoms with Gasteiger partial charge in [0.1, 0.15) is 6.61 Å². The molecule has 1 saturated heterocycles. The van der Waals surface area contributed by atoms with Crippen LogP contribution in [0.25, 0.3) is 0 Å². The number of amides is 1. The second-order valence-corrected chi connectivity index (χ2v) is 5.99. The molecule has 2 aromatic rings. The Hall–Kier alpha value is -2.74. The molecule has 138 valence electrons. The molecule has 0 bridgehead atoms. The number of methoxy groups -OCH3 is 1. The number of hydrogen-bond donors (Lipinski definition) is 2. The molecule has 0 saturated carbocycles. The Bertz CT molecular complexity index is 772. The average Bonchev–Trinajstić information content (AvgIpc) is 3.01. The summed E-state index contributed by atoms with van der Waals surface area (Å²) >= 11 is 0. The van der Waals surface area contributed by atoms with E-state index in [9.17, 15) is 13.6 Å². The van der Waals surface area contributed by atoms with Crippen LogP contribution >= 0.6 is 0 Å². The van der Waals surface area contributed by atoms with E-state index in [1.807, 2.05) is 12.1 Å². The number of nitrogens with zero attached hydrogens (tertiary/aromatic N) is 1. The molecule has 2 N–H and O–H groups in total. The van der Waals surface area contributed by atoms with Crippen molar-refractivity contribution in [2.24, 2.45) is 0 Å². The molecular weight excluding hydrogens is 344 g/mol. The van der Waals surface area contributed by atoms with Crippen LogP contribution in [-0.2, 0) is 11.4 Å². The molecule has 0 spiro atoms. The Kier molecular flexibility index (Phi) is 5.32. The minimum atomic E-state index is -2.86. The maximum atomic E-state index is 13.2. The molecular formula is C18H19F2N3O3. The molecule has 26 heavy (non-hydrogen) atoms. The minimum Gasteiger partial charge on any atom is -0.493 e. The van der Waals surface area contributed by atoms with Crippen LogP contribution < -0.4 is 20.1 Å². The molecule has 1 amide bonds. The summed E-state index contributed by atoms with van der Waals surface area (Å²) in [7, 11) is 1.51. The fourth-order valence-corrected chi connectivity index (χ4v) is 2.64. The standard InChI is InChI=1S/C18H19F2N3O3/c1-25-15-3-2-13(23-17(24)14-9-18(19,20)11-22-14)8-16(15)26-10-12-4-6-21-7-5-12/h2-8,14,22H,9-11H2,1H3,(H,23,24). The van der Waals surface area contributed by atoms with Gasteiger partial charge in [0.05, 0.1) is 19.7 Å². The maximum absolute atomic E-state index is 13.2. The van der Waals surface area contributed by atoms with Gasteiger partial charge in [0, 0.05) is 30.6 Å². The fourth-order valence-electron chi connectivity index (χ4n) is 2.64. The minimum absolute atomic E-state index is 0.298. The highest BCUT2D eigenvalue weighted by molar-refractivity contribution is 5.95. The fraction of sp³-hybridized carbons (Fsp3) is 0.333. The Morgan fingerprint density at radius 1 is 1.31 bits per heavy atom. The summed E-state index contributed by atoms with van der Waals surface area (Å²) in [6, 6.07) is 7.60. The zero-order valence-corrected chi connectivity index (χ0v) is 14.2. The number of aromatic nitrogens is 1. The lowest BCUT2D eigenvalue weighted by Gasteiger charge is -2.15. The molecule has 2 heterocycles. The number of hydrogen-bond acceptors (Lipinski definition) is 5. The van der Waals surface area contributed by atoms with E-state index < -0.39 is 30.8 Å². The number of ether oxygens (including phenoxy) is 2. The molecule has 1 fully saturated rings. The van der Waals surface area contributed by atoms with Gasteiger partial charge in [-0.2, -0.15) is 0 Å². The first-order valence-electron chi connectivity index (χ1n) is 8.09. The number of alkyl halides is 2. The first-order chi connectivity index (χ1) is 12.5. The van der Waals surface area contributed by atoms with Gasteiger partial charge in [0.15, 0.2) is 11.5 Å². The van der Waals surface area contributed by atoms with Crippen molar-refractivity contribution in [3.05, 3.63) is 48.3 Å². The molecule has 1 aromatic carbocycles. The van der Waals surface area contributed by atoms with Gasteiger partial charge in [-0.25, -0.2) is 8.78 Å². The van der Waals surface area contributed by atoms with Gasteiger partial charge < -0.3 is 14.8 Å². The van der Waals surface area contributed by atoms with E-state index in [2.05, 4.69) is 15.6 Å². The lowest BCUT2D eigenvalue weighted by Crippen LogP contribution is -2.35. The van der Waals surface area contributed by atoms with E-state index in [1.165, 1.54) is 7.11 Å². The summed E-state index contributed by atoms with van der Waals surface area (Å²) in [6.45, 7) is -0.194. The zero-order chi connectivity index (χ0) is 18.6. The van der Waals surface area contributed by atoms with Crippen LogP contribution in [0.1, 0.15) is 12.0 Å². The third-order valence-electron chi connectivity index (χ3n) is 4.00.